The number of carbonyl (C=O) groups is 1. The van der Waals surface area contributed by atoms with Crippen molar-refractivity contribution < 1.29 is 32.3 Å². The molecule has 0 bridgehead atoms. The molecule has 1 aliphatic carbocycles. The topological polar surface area (TPSA) is 193 Å². The minimum atomic E-state index is -4.60. The fraction of sp³-hybridized carbons (Fsp3) is 0.417. The molecule has 1 amide bonds. The van der Waals surface area contributed by atoms with E-state index >= 15 is 0 Å². The Labute approximate surface area is 389 Å². The lowest BCUT2D eigenvalue weighted by Crippen LogP contribution is -2.48. The van der Waals surface area contributed by atoms with Crippen LogP contribution < -0.4 is 25.0 Å². The minimum Gasteiger partial charge on any atom is -0.453 e. The standard InChI is InChI=1S/C48H55ClN8O8S/c1-48(2)26-40(31-6-10-35(49)11-7-31)34(30-64-48)29-55-19-21-56(22-20-55)42-5-3-4-39(45(42)65-37-24-33-16-17-51-46(33)52-27-37)47(58)54-66(61,62)38-14-15-41(43(25-38)57(59)60)53-36-12-8-32(9-13-36)44-28-50-18-23-63-44/h3-7,10-11,14-17,24-25,27,32,36,44,50,53H,8-9,12-13,18-23,26,28-30H2,1-2H3,(H,51,52)(H,54,58)/t32-,36+,44?. The first-order valence-corrected chi connectivity index (χ1v) is 24.4. The van der Waals surface area contributed by atoms with Crippen LogP contribution >= 0.6 is 11.6 Å². The van der Waals surface area contributed by atoms with Gasteiger partial charge in [0, 0.05) is 80.9 Å². The van der Waals surface area contributed by atoms with Gasteiger partial charge in [0.05, 0.1) is 52.2 Å². The molecule has 4 aliphatic rings. The summed E-state index contributed by atoms with van der Waals surface area (Å²) in [5, 5.41) is 20.5. The molecule has 5 aromatic rings. The van der Waals surface area contributed by atoms with Crippen molar-refractivity contribution in [3.8, 4) is 11.5 Å². The zero-order valence-corrected chi connectivity index (χ0v) is 38.6. The van der Waals surface area contributed by atoms with E-state index in [-0.39, 0.29) is 34.7 Å². The maximum atomic E-state index is 14.2. The van der Waals surface area contributed by atoms with Crippen molar-refractivity contribution in [1.29, 1.82) is 0 Å². The molecule has 66 heavy (non-hydrogen) atoms. The van der Waals surface area contributed by atoms with Crippen molar-refractivity contribution in [1.82, 2.24) is 24.9 Å². The Hall–Kier alpha value is -5.56. The van der Waals surface area contributed by atoms with Crippen molar-refractivity contribution in [3.05, 3.63) is 117 Å². The number of nitrogens with zero attached hydrogens (tertiary/aromatic N) is 4. The van der Waals surface area contributed by atoms with Crippen LogP contribution in [-0.4, -0.2) is 111 Å². The quantitative estimate of drug-likeness (QED) is 0.0662. The van der Waals surface area contributed by atoms with Crippen LogP contribution in [-0.2, 0) is 19.5 Å². The third kappa shape index (κ3) is 10.4. The summed E-state index contributed by atoms with van der Waals surface area (Å²) < 4.78 is 48.8. The van der Waals surface area contributed by atoms with Gasteiger partial charge in [-0.2, -0.15) is 0 Å². The first-order valence-electron chi connectivity index (χ1n) is 22.6. The summed E-state index contributed by atoms with van der Waals surface area (Å²) >= 11 is 6.24. The van der Waals surface area contributed by atoms with Gasteiger partial charge in [0.1, 0.15) is 17.1 Å². The van der Waals surface area contributed by atoms with Crippen molar-refractivity contribution in [2.75, 3.05) is 69.2 Å². The second-order valence-electron chi connectivity index (χ2n) is 18.2. The molecule has 1 unspecified atom stereocenters. The van der Waals surface area contributed by atoms with E-state index in [1.165, 1.54) is 35.5 Å². The SMILES string of the molecule is CC1(C)CC(c2ccc(Cl)cc2)=C(CN2CCN(c3cccc(C(=O)NS(=O)(=O)c4ccc(N[C@H]5CC[C@@H](C6CNCCO6)CC5)c([N+](=O)[O-])c4)c3Oc3cnc4[nH]ccc4c3)CC2)CO1. The number of rotatable bonds is 13. The molecular formula is C48H55ClN8O8S. The molecule has 348 valence electrons. The van der Waals surface area contributed by atoms with Crippen LogP contribution in [0.15, 0.2) is 95.7 Å². The number of piperazine rings is 1. The van der Waals surface area contributed by atoms with Crippen LogP contribution in [0.5, 0.6) is 11.5 Å². The summed E-state index contributed by atoms with van der Waals surface area (Å²) in [7, 11) is -4.60. The van der Waals surface area contributed by atoms with Crippen LogP contribution in [0, 0.1) is 16.0 Å². The third-order valence-electron chi connectivity index (χ3n) is 13.1. The highest BCUT2D eigenvalue weighted by molar-refractivity contribution is 7.90. The van der Waals surface area contributed by atoms with E-state index < -0.39 is 31.4 Å². The number of halogens is 1. The van der Waals surface area contributed by atoms with E-state index in [1.807, 2.05) is 24.3 Å². The summed E-state index contributed by atoms with van der Waals surface area (Å²) in [5.74, 6) is -0.0510. The number of nitrogens with one attached hydrogen (secondary N) is 4. The predicted octanol–water partition coefficient (Wildman–Crippen LogP) is 7.77. The lowest BCUT2D eigenvalue weighted by molar-refractivity contribution is -0.384. The van der Waals surface area contributed by atoms with Crippen LogP contribution in [0.1, 0.15) is 61.9 Å². The minimum absolute atomic E-state index is 0.0232. The number of aromatic nitrogens is 2. The number of benzene rings is 3. The smallest absolute Gasteiger partial charge is 0.293 e. The van der Waals surface area contributed by atoms with E-state index in [2.05, 4.69) is 61.1 Å². The molecule has 3 aromatic carbocycles. The van der Waals surface area contributed by atoms with Crippen LogP contribution in [0.25, 0.3) is 16.6 Å². The van der Waals surface area contributed by atoms with E-state index in [0.717, 1.165) is 68.8 Å². The molecule has 3 aliphatic heterocycles. The molecular weight excluding hydrogens is 884 g/mol. The molecule has 9 rings (SSSR count). The fourth-order valence-corrected chi connectivity index (χ4v) is 10.7. The molecule has 3 fully saturated rings. The highest BCUT2D eigenvalue weighted by Gasteiger charge is 2.33. The van der Waals surface area contributed by atoms with E-state index in [1.54, 1.807) is 18.3 Å². The number of aromatic amines is 1. The number of hydrogen-bond donors (Lipinski definition) is 4. The van der Waals surface area contributed by atoms with Crippen LogP contribution in [0.3, 0.4) is 0 Å². The van der Waals surface area contributed by atoms with Crippen molar-refractivity contribution in [2.45, 2.75) is 68.6 Å². The van der Waals surface area contributed by atoms with Gasteiger partial charge in [-0.1, -0.05) is 29.8 Å². The number of nitro benzene ring substituents is 1. The summed E-state index contributed by atoms with van der Waals surface area (Å²) in [6.45, 7) is 10.4. The van der Waals surface area contributed by atoms with Gasteiger partial charge in [0.2, 0.25) is 0 Å². The first-order chi connectivity index (χ1) is 31.8. The van der Waals surface area contributed by atoms with Gasteiger partial charge in [0.15, 0.2) is 5.75 Å². The number of ether oxygens (including phenoxy) is 3. The van der Waals surface area contributed by atoms with Gasteiger partial charge in [-0.15, -0.1) is 0 Å². The summed E-state index contributed by atoms with van der Waals surface area (Å²) in [6.07, 6.45) is 7.65. The van der Waals surface area contributed by atoms with Crippen LogP contribution in [0.4, 0.5) is 17.1 Å². The van der Waals surface area contributed by atoms with Gasteiger partial charge in [-0.05, 0) is 111 Å². The Morgan fingerprint density at radius 3 is 2.56 bits per heavy atom. The molecule has 5 heterocycles. The maximum absolute atomic E-state index is 14.2. The molecule has 16 nitrogen and oxygen atoms in total. The van der Waals surface area contributed by atoms with Crippen molar-refractivity contribution >= 4 is 61.2 Å². The largest absolute Gasteiger partial charge is 0.453 e. The molecule has 1 atom stereocenters. The number of nitro groups is 1. The molecule has 4 N–H and O–H groups in total. The van der Waals surface area contributed by atoms with Crippen LogP contribution in [0.2, 0.25) is 5.02 Å². The highest BCUT2D eigenvalue weighted by atomic mass is 35.5. The van der Waals surface area contributed by atoms with Crippen molar-refractivity contribution in [3.63, 3.8) is 0 Å². The Kier molecular flexibility index (Phi) is 13.4. The molecule has 1 saturated carbocycles. The summed E-state index contributed by atoms with van der Waals surface area (Å²) in [6, 6.07) is 20.3. The molecule has 2 aromatic heterocycles. The van der Waals surface area contributed by atoms with Crippen molar-refractivity contribution in [2.24, 2.45) is 5.92 Å². The molecule has 18 heteroatoms. The van der Waals surface area contributed by atoms with Gasteiger partial charge >= 0.3 is 0 Å². The monoisotopic (exact) mass is 938 g/mol. The molecule has 0 radical (unpaired) electrons. The third-order valence-corrected chi connectivity index (χ3v) is 14.7. The summed E-state index contributed by atoms with van der Waals surface area (Å²) in [5.41, 5.74) is 4.36. The number of amides is 1. The van der Waals surface area contributed by atoms with Gasteiger partial charge in [0.25, 0.3) is 21.6 Å². The fourth-order valence-electron chi connectivity index (χ4n) is 9.57. The normalized spacial score (nSPS) is 21.7. The van der Waals surface area contributed by atoms with Gasteiger partial charge in [-0.3, -0.25) is 19.8 Å². The Morgan fingerprint density at radius 1 is 1.03 bits per heavy atom. The second-order valence-corrected chi connectivity index (χ2v) is 20.3. The van der Waals surface area contributed by atoms with E-state index in [4.69, 9.17) is 25.8 Å². The Balaban J connectivity index is 0.930. The number of para-hydroxylation sites is 1. The highest BCUT2D eigenvalue weighted by Crippen LogP contribution is 2.40. The predicted molar refractivity (Wildman–Crippen MR) is 254 cm³/mol. The Morgan fingerprint density at radius 2 is 1.82 bits per heavy atom. The Bertz CT molecular complexity index is 2720. The number of carbonyl (C=O) groups excluding carboxylic acids is 1. The number of H-pyrrole nitrogens is 1. The lowest BCUT2D eigenvalue weighted by atomic mass is 9.82. The zero-order chi connectivity index (χ0) is 46.0. The average Bonchev–Trinajstić information content (AvgIpc) is 3.79. The number of hydrogen-bond acceptors (Lipinski definition) is 13. The number of fused-ring (bicyclic) bond motifs is 1. The number of pyridine rings is 1. The van der Waals surface area contributed by atoms with E-state index in [9.17, 15) is 23.3 Å². The van der Waals surface area contributed by atoms with Gasteiger partial charge in [-0.25, -0.2) is 18.1 Å². The number of anilines is 2. The van der Waals surface area contributed by atoms with E-state index in [0.29, 0.717) is 67.4 Å². The lowest BCUT2D eigenvalue weighted by Gasteiger charge is -2.39. The van der Waals surface area contributed by atoms with Gasteiger partial charge < -0.3 is 34.7 Å². The molecule has 0 spiro atoms. The molecule has 2 saturated heterocycles. The number of sulfonamides is 1. The number of morpholine rings is 1. The summed E-state index contributed by atoms with van der Waals surface area (Å²) in [4.78, 5) is 37.6. The maximum Gasteiger partial charge on any atom is 0.293 e. The second kappa shape index (κ2) is 19.3. The average molecular weight is 940 g/mol. The first kappa shape index (κ1) is 45.6. The zero-order valence-electron chi connectivity index (χ0n) is 37.1.